The fraction of sp³-hybridized carbons (Fsp3) is 0.556. The third kappa shape index (κ3) is 6.08. The molecule has 0 amide bonds. The third-order valence-corrected chi connectivity index (χ3v) is 7.18. The van der Waals surface area contributed by atoms with Crippen LogP contribution in [-0.4, -0.2) is 62.2 Å². The molecular formula is C27H38FN3. The molecule has 0 spiro atoms. The largest absolute Gasteiger partial charge is 0.369 e. The minimum absolute atomic E-state index is 0.130. The van der Waals surface area contributed by atoms with Crippen LogP contribution >= 0.6 is 0 Å². The van der Waals surface area contributed by atoms with Crippen molar-refractivity contribution in [3.8, 4) is 0 Å². The first-order chi connectivity index (χ1) is 15.2. The van der Waals surface area contributed by atoms with Gasteiger partial charge in [-0.3, -0.25) is 4.90 Å². The van der Waals surface area contributed by atoms with Crippen LogP contribution in [0.1, 0.15) is 44.1 Å². The molecule has 2 atom stereocenters. The van der Waals surface area contributed by atoms with Gasteiger partial charge in [0, 0.05) is 45.0 Å². The maximum atomic E-state index is 13.5. The fourth-order valence-corrected chi connectivity index (χ4v) is 5.39. The molecule has 2 saturated heterocycles. The molecule has 2 fully saturated rings. The van der Waals surface area contributed by atoms with Gasteiger partial charge in [0.2, 0.25) is 0 Å². The Kier molecular flexibility index (Phi) is 7.98. The normalized spacial score (nSPS) is 23.2. The topological polar surface area (TPSA) is 9.72 Å². The van der Waals surface area contributed by atoms with Crippen molar-refractivity contribution in [2.24, 2.45) is 5.92 Å². The monoisotopic (exact) mass is 423 g/mol. The van der Waals surface area contributed by atoms with Crippen LogP contribution in [0.4, 0.5) is 10.1 Å². The van der Waals surface area contributed by atoms with E-state index in [2.05, 4.69) is 52.0 Å². The van der Waals surface area contributed by atoms with Crippen molar-refractivity contribution < 1.29 is 4.39 Å². The number of unbranched alkanes of at least 4 members (excludes halogenated alkanes) is 2. The fourth-order valence-electron chi connectivity index (χ4n) is 5.39. The highest BCUT2D eigenvalue weighted by atomic mass is 19.1. The Balaban J connectivity index is 1.38. The molecule has 2 aliphatic rings. The van der Waals surface area contributed by atoms with Gasteiger partial charge in [0.1, 0.15) is 5.82 Å². The molecule has 2 aliphatic heterocycles. The van der Waals surface area contributed by atoms with Crippen LogP contribution in [0.3, 0.4) is 0 Å². The number of hydrogen-bond donors (Lipinski definition) is 0. The van der Waals surface area contributed by atoms with Gasteiger partial charge in [-0.2, -0.15) is 0 Å². The molecule has 2 aromatic rings. The highest BCUT2D eigenvalue weighted by Crippen LogP contribution is 2.34. The molecule has 0 N–H and O–H groups in total. The van der Waals surface area contributed by atoms with Crippen LogP contribution in [0.5, 0.6) is 0 Å². The van der Waals surface area contributed by atoms with E-state index in [0.29, 0.717) is 11.8 Å². The first kappa shape index (κ1) is 22.3. The first-order valence-corrected chi connectivity index (χ1v) is 12.2. The number of piperazine rings is 1. The second kappa shape index (κ2) is 11.1. The zero-order valence-corrected chi connectivity index (χ0v) is 19.1. The Bertz CT molecular complexity index is 771. The van der Waals surface area contributed by atoms with Gasteiger partial charge < -0.3 is 9.80 Å². The van der Waals surface area contributed by atoms with E-state index < -0.39 is 0 Å². The van der Waals surface area contributed by atoms with Gasteiger partial charge in [0.25, 0.3) is 0 Å². The molecule has 31 heavy (non-hydrogen) atoms. The zero-order chi connectivity index (χ0) is 21.5. The van der Waals surface area contributed by atoms with Gasteiger partial charge in [-0.1, -0.05) is 50.1 Å². The predicted octanol–water partition coefficient (Wildman–Crippen LogP) is 5.24. The quantitative estimate of drug-likeness (QED) is 0.538. The summed E-state index contributed by atoms with van der Waals surface area (Å²) >= 11 is 0. The maximum Gasteiger partial charge on any atom is 0.123 e. The Morgan fingerprint density at radius 2 is 1.58 bits per heavy atom. The van der Waals surface area contributed by atoms with E-state index in [1.54, 1.807) is 12.1 Å². The van der Waals surface area contributed by atoms with Crippen LogP contribution in [0.15, 0.2) is 54.6 Å². The molecule has 4 rings (SSSR count). The Morgan fingerprint density at radius 3 is 2.29 bits per heavy atom. The summed E-state index contributed by atoms with van der Waals surface area (Å²) < 4.78 is 13.5. The molecule has 0 saturated carbocycles. The number of nitrogens with zero attached hydrogens (tertiary/aromatic N) is 3. The average molecular weight is 424 g/mol. The lowest BCUT2D eigenvalue weighted by Crippen LogP contribution is -2.51. The number of para-hydroxylation sites is 1. The zero-order valence-electron chi connectivity index (χ0n) is 19.1. The summed E-state index contributed by atoms with van der Waals surface area (Å²) in [6.07, 6.45) is 5.09. The number of halogens is 1. The molecule has 4 heteroatoms. The third-order valence-electron chi connectivity index (χ3n) is 7.18. The van der Waals surface area contributed by atoms with E-state index in [1.165, 1.54) is 56.6 Å². The van der Waals surface area contributed by atoms with Gasteiger partial charge >= 0.3 is 0 Å². The Labute approximate surface area is 187 Å². The van der Waals surface area contributed by atoms with Gasteiger partial charge in [-0.05, 0) is 67.6 Å². The molecule has 0 unspecified atom stereocenters. The van der Waals surface area contributed by atoms with Gasteiger partial charge in [0.05, 0.1) is 0 Å². The SMILES string of the molecule is CCCCCN1CC[C@@H](c2ccc(F)cc2)[C@H](CN2CCN(c3ccccc3)CC2)C1. The minimum Gasteiger partial charge on any atom is -0.369 e. The van der Waals surface area contributed by atoms with Gasteiger partial charge in [-0.25, -0.2) is 4.39 Å². The summed E-state index contributed by atoms with van der Waals surface area (Å²) in [7, 11) is 0. The predicted molar refractivity (Wildman–Crippen MR) is 128 cm³/mol. The van der Waals surface area contributed by atoms with Crippen LogP contribution in [-0.2, 0) is 0 Å². The molecule has 3 nitrogen and oxygen atoms in total. The van der Waals surface area contributed by atoms with Crippen LogP contribution in [0, 0.1) is 11.7 Å². The molecule has 0 aromatic heterocycles. The van der Waals surface area contributed by atoms with Crippen LogP contribution in [0.25, 0.3) is 0 Å². The van der Waals surface area contributed by atoms with Crippen molar-refractivity contribution in [3.63, 3.8) is 0 Å². The van der Waals surface area contributed by atoms with Crippen LogP contribution in [0.2, 0.25) is 0 Å². The lowest BCUT2D eigenvalue weighted by atomic mass is 9.80. The first-order valence-electron chi connectivity index (χ1n) is 12.2. The van der Waals surface area contributed by atoms with E-state index in [4.69, 9.17) is 0 Å². The standard InChI is InChI=1S/C27H38FN3/c1-2-3-7-15-29-16-14-27(23-10-12-25(28)13-11-23)24(21-29)22-30-17-19-31(20-18-30)26-8-5-4-6-9-26/h4-6,8-13,24,27H,2-3,7,14-22H2,1H3/t24-,27-/m0/s1. The van der Waals surface area contributed by atoms with Gasteiger partial charge in [0.15, 0.2) is 0 Å². The average Bonchev–Trinajstić information content (AvgIpc) is 2.81. The molecule has 2 heterocycles. The van der Waals surface area contributed by atoms with E-state index >= 15 is 0 Å². The minimum atomic E-state index is -0.130. The molecule has 168 valence electrons. The number of piperidine rings is 1. The molecule has 0 bridgehead atoms. The van der Waals surface area contributed by atoms with Crippen LogP contribution < -0.4 is 4.90 Å². The number of anilines is 1. The smallest absolute Gasteiger partial charge is 0.123 e. The lowest BCUT2D eigenvalue weighted by molar-refractivity contribution is 0.110. The van der Waals surface area contributed by atoms with E-state index in [1.807, 2.05) is 12.1 Å². The van der Waals surface area contributed by atoms with Crippen molar-refractivity contribution in [2.45, 2.75) is 38.5 Å². The maximum absolute atomic E-state index is 13.5. The molecule has 0 aliphatic carbocycles. The summed E-state index contributed by atoms with van der Waals surface area (Å²) in [5, 5.41) is 0. The van der Waals surface area contributed by atoms with Crippen molar-refractivity contribution in [2.75, 3.05) is 57.3 Å². The summed E-state index contributed by atoms with van der Waals surface area (Å²) in [4.78, 5) is 7.85. The molecular weight excluding hydrogens is 385 g/mol. The van der Waals surface area contributed by atoms with Crippen molar-refractivity contribution >= 4 is 5.69 Å². The summed E-state index contributed by atoms with van der Waals surface area (Å²) in [6.45, 7) is 11.4. The summed E-state index contributed by atoms with van der Waals surface area (Å²) in [6, 6.07) is 18.1. The number of likely N-dealkylation sites (tertiary alicyclic amines) is 1. The second-order valence-corrected chi connectivity index (χ2v) is 9.34. The Hall–Kier alpha value is -1.91. The van der Waals surface area contributed by atoms with Crippen molar-refractivity contribution in [1.82, 2.24) is 9.80 Å². The molecule has 0 radical (unpaired) electrons. The lowest BCUT2D eigenvalue weighted by Gasteiger charge is -2.43. The second-order valence-electron chi connectivity index (χ2n) is 9.34. The van der Waals surface area contributed by atoms with Gasteiger partial charge in [-0.15, -0.1) is 0 Å². The molecule has 2 aromatic carbocycles. The summed E-state index contributed by atoms with van der Waals surface area (Å²) in [5.74, 6) is 1.02. The highest BCUT2D eigenvalue weighted by Gasteiger charge is 2.32. The van der Waals surface area contributed by atoms with E-state index in [0.717, 1.165) is 32.7 Å². The number of hydrogen-bond acceptors (Lipinski definition) is 3. The number of benzene rings is 2. The Morgan fingerprint density at radius 1 is 0.839 bits per heavy atom. The summed E-state index contributed by atoms with van der Waals surface area (Å²) in [5.41, 5.74) is 2.66. The van der Waals surface area contributed by atoms with Crippen molar-refractivity contribution in [1.29, 1.82) is 0 Å². The number of rotatable bonds is 8. The van der Waals surface area contributed by atoms with Crippen molar-refractivity contribution in [3.05, 3.63) is 66.0 Å². The highest BCUT2D eigenvalue weighted by molar-refractivity contribution is 5.46. The van der Waals surface area contributed by atoms with E-state index in [-0.39, 0.29) is 5.82 Å². The van der Waals surface area contributed by atoms with E-state index in [9.17, 15) is 4.39 Å².